The highest BCUT2D eigenvalue weighted by atomic mass is 127. The molecule has 0 aliphatic rings. The van der Waals surface area contributed by atoms with E-state index in [9.17, 15) is 0 Å². The minimum atomic E-state index is 1.05. The van der Waals surface area contributed by atoms with Crippen LogP contribution < -0.4 is 0 Å². The minimum Gasteiger partial charge on any atom is -0.0556 e. The number of rotatable bonds is 0. The smallest absolute Gasteiger partial charge is 0.0254 e. The SMILES string of the molecule is Brc1ccc(C#CI)cc1. The van der Waals surface area contributed by atoms with Crippen molar-refractivity contribution in [2.45, 2.75) is 0 Å². The summed E-state index contributed by atoms with van der Waals surface area (Å²) in [5.74, 6) is 2.95. The van der Waals surface area contributed by atoms with Gasteiger partial charge < -0.3 is 0 Å². The van der Waals surface area contributed by atoms with E-state index in [1.165, 1.54) is 0 Å². The summed E-state index contributed by atoms with van der Waals surface area (Å²) in [5, 5.41) is 0. The lowest BCUT2D eigenvalue weighted by Crippen LogP contribution is -1.70. The summed E-state index contributed by atoms with van der Waals surface area (Å²) < 4.78 is 3.90. The Kier molecular flexibility index (Phi) is 3.23. The summed E-state index contributed by atoms with van der Waals surface area (Å²) in [6, 6.07) is 7.93. The molecule has 0 aromatic heterocycles. The quantitative estimate of drug-likeness (QED) is 0.510. The first-order valence-electron chi connectivity index (χ1n) is 2.70. The topological polar surface area (TPSA) is 0 Å². The Morgan fingerprint density at radius 3 is 2.30 bits per heavy atom. The molecule has 0 atom stereocenters. The second kappa shape index (κ2) is 3.99. The van der Waals surface area contributed by atoms with E-state index in [4.69, 9.17) is 0 Å². The minimum absolute atomic E-state index is 1.05. The van der Waals surface area contributed by atoms with E-state index in [1.54, 1.807) is 0 Å². The van der Waals surface area contributed by atoms with E-state index in [2.05, 4.69) is 25.8 Å². The van der Waals surface area contributed by atoms with Gasteiger partial charge in [-0.25, -0.2) is 0 Å². The number of hydrogen-bond donors (Lipinski definition) is 0. The summed E-state index contributed by atoms with van der Waals surface area (Å²) in [6.45, 7) is 0. The molecule has 0 aliphatic carbocycles. The van der Waals surface area contributed by atoms with Gasteiger partial charge in [-0.2, -0.15) is 0 Å². The molecule has 0 amide bonds. The van der Waals surface area contributed by atoms with Gasteiger partial charge in [0.2, 0.25) is 0 Å². The fourth-order valence-corrected chi connectivity index (χ4v) is 1.16. The van der Waals surface area contributed by atoms with Crippen molar-refractivity contribution in [3.05, 3.63) is 34.3 Å². The van der Waals surface area contributed by atoms with Crippen LogP contribution in [-0.2, 0) is 0 Å². The molecule has 50 valence electrons. The molecular weight excluding hydrogens is 303 g/mol. The summed E-state index contributed by atoms with van der Waals surface area (Å²) >= 11 is 5.37. The third-order valence-corrected chi connectivity index (χ3v) is 1.83. The Labute approximate surface area is 82.3 Å². The average molecular weight is 307 g/mol. The zero-order valence-corrected chi connectivity index (χ0v) is 8.81. The van der Waals surface area contributed by atoms with Gasteiger partial charge in [-0.1, -0.05) is 21.9 Å². The number of hydrogen-bond acceptors (Lipinski definition) is 0. The largest absolute Gasteiger partial charge is 0.0556 e. The monoisotopic (exact) mass is 306 g/mol. The maximum atomic E-state index is 3.35. The molecule has 0 radical (unpaired) electrons. The molecule has 0 unspecified atom stereocenters. The van der Waals surface area contributed by atoms with E-state index < -0.39 is 0 Å². The maximum Gasteiger partial charge on any atom is 0.0254 e. The Balaban J connectivity index is 2.97. The highest BCUT2D eigenvalue weighted by Crippen LogP contribution is 2.09. The van der Waals surface area contributed by atoms with Crippen LogP contribution in [0.25, 0.3) is 0 Å². The lowest BCUT2D eigenvalue weighted by molar-refractivity contribution is 1.61. The van der Waals surface area contributed by atoms with Crippen LogP contribution in [0.3, 0.4) is 0 Å². The summed E-state index contributed by atoms with van der Waals surface area (Å²) in [5.41, 5.74) is 1.05. The first-order chi connectivity index (χ1) is 4.83. The molecule has 1 rings (SSSR count). The van der Waals surface area contributed by atoms with Gasteiger partial charge in [-0.3, -0.25) is 0 Å². The third kappa shape index (κ3) is 2.31. The van der Waals surface area contributed by atoms with Gasteiger partial charge in [0.05, 0.1) is 0 Å². The molecule has 0 nitrogen and oxygen atoms in total. The van der Waals surface area contributed by atoms with Crippen molar-refractivity contribution in [3.63, 3.8) is 0 Å². The fraction of sp³-hybridized carbons (Fsp3) is 0. The highest BCUT2D eigenvalue weighted by Gasteiger charge is 1.85. The summed E-state index contributed by atoms with van der Waals surface area (Å²) in [4.78, 5) is 0. The van der Waals surface area contributed by atoms with E-state index >= 15 is 0 Å². The van der Waals surface area contributed by atoms with Crippen LogP contribution in [0.1, 0.15) is 5.56 Å². The van der Waals surface area contributed by atoms with Gasteiger partial charge in [-0.05, 0) is 28.2 Å². The molecule has 0 bridgehead atoms. The third-order valence-electron chi connectivity index (χ3n) is 1.04. The van der Waals surface area contributed by atoms with Crippen molar-refractivity contribution >= 4 is 38.5 Å². The molecule has 10 heavy (non-hydrogen) atoms. The van der Waals surface area contributed by atoms with E-state index in [0.717, 1.165) is 10.0 Å². The van der Waals surface area contributed by atoms with Crippen LogP contribution in [0.5, 0.6) is 0 Å². The van der Waals surface area contributed by atoms with Crippen LogP contribution in [0.15, 0.2) is 28.7 Å². The van der Waals surface area contributed by atoms with Crippen LogP contribution in [0.2, 0.25) is 0 Å². The van der Waals surface area contributed by atoms with Crippen LogP contribution in [-0.4, -0.2) is 0 Å². The van der Waals surface area contributed by atoms with Gasteiger partial charge in [0.15, 0.2) is 0 Å². The van der Waals surface area contributed by atoms with Crippen molar-refractivity contribution in [2.24, 2.45) is 0 Å². The lowest BCUT2D eigenvalue weighted by Gasteiger charge is -1.88. The van der Waals surface area contributed by atoms with E-state index in [0.29, 0.717) is 0 Å². The van der Waals surface area contributed by atoms with Gasteiger partial charge in [0.1, 0.15) is 0 Å². The van der Waals surface area contributed by atoms with Gasteiger partial charge in [-0.15, -0.1) is 0 Å². The fourth-order valence-electron chi connectivity index (χ4n) is 0.588. The number of benzene rings is 1. The molecular formula is C8H4BrI. The van der Waals surface area contributed by atoms with Crippen molar-refractivity contribution in [1.29, 1.82) is 0 Å². The highest BCUT2D eigenvalue weighted by molar-refractivity contribution is 14.1. The molecule has 0 spiro atoms. The molecule has 0 N–H and O–H groups in total. The van der Waals surface area contributed by atoms with Crippen LogP contribution in [0.4, 0.5) is 0 Å². The van der Waals surface area contributed by atoms with Gasteiger partial charge >= 0.3 is 0 Å². The zero-order valence-electron chi connectivity index (χ0n) is 5.07. The molecule has 1 aromatic carbocycles. The van der Waals surface area contributed by atoms with Crippen molar-refractivity contribution < 1.29 is 0 Å². The Morgan fingerprint density at radius 1 is 1.20 bits per heavy atom. The van der Waals surface area contributed by atoms with Crippen LogP contribution >= 0.6 is 38.5 Å². The molecule has 0 fully saturated rings. The Hall–Kier alpha value is -0.0100. The van der Waals surface area contributed by atoms with Crippen molar-refractivity contribution in [3.8, 4) is 9.85 Å². The second-order valence-electron chi connectivity index (χ2n) is 1.73. The van der Waals surface area contributed by atoms with Crippen molar-refractivity contribution in [1.82, 2.24) is 0 Å². The molecule has 1 aromatic rings. The predicted octanol–water partition coefficient (Wildman–Crippen LogP) is 3.19. The normalized spacial score (nSPS) is 8.20. The van der Waals surface area contributed by atoms with Crippen molar-refractivity contribution in [2.75, 3.05) is 0 Å². The second-order valence-corrected chi connectivity index (χ2v) is 3.18. The standard InChI is InChI=1S/C8H4BrI/c9-8-3-1-7(2-4-8)5-6-10/h1-4H. The molecule has 0 aliphatic heterocycles. The van der Waals surface area contributed by atoms with Gasteiger partial charge in [0, 0.05) is 32.6 Å². The predicted molar refractivity (Wildman–Crippen MR) is 55.0 cm³/mol. The van der Waals surface area contributed by atoms with Gasteiger partial charge in [0.25, 0.3) is 0 Å². The maximum absolute atomic E-state index is 3.35. The first-order valence-corrected chi connectivity index (χ1v) is 4.57. The molecule has 0 saturated carbocycles. The summed E-state index contributed by atoms with van der Waals surface area (Å²) in [7, 11) is 0. The number of halogens is 2. The first kappa shape index (κ1) is 8.09. The molecule has 0 heterocycles. The molecule has 0 saturated heterocycles. The zero-order chi connectivity index (χ0) is 7.40. The summed E-state index contributed by atoms with van der Waals surface area (Å²) in [6.07, 6.45) is 0. The lowest BCUT2D eigenvalue weighted by atomic mass is 10.2. The average Bonchev–Trinajstić information content (AvgIpc) is 1.95. The van der Waals surface area contributed by atoms with E-state index in [1.807, 2.05) is 46.9 Å². The Bertz CT molecular complexity index is 266. The van der Waals surface area contributed by atoms with E-state index in [-0.39, 0.29) is 0 Å². The Morgan fingerprint density at radius 2 is 1.80 bits per heavy atom. The van der Waals surface area contributed by atoms with Crippen LogP contribution in [0, 0.1) is 9.85 Å². The molecule has 2 heteroatoms.